The lowest BCUT2D eigenvalue weighted by atomic mass is 10.1. The van der Waals surface area contributed by atoms with Crippen molar-refractivity contribution >= 4 is 13.2 Å². The standard InChI is InChI=1S/C8H5N2O6P/c11-4-6-3(10(14)15)2(1-9-8(12)13)5-7(4)17(5,6)16/h9,11H,1H2,(H,12,13). The highest BCUT2D eigenvalue weighted by atomic mass is 31.2. The van der Waals surface area contributed by atoms with Gasteiger partial charge in [0.2, 0.25) is 0 Å². The number of nitrogens with one attached hydrogen (secondary N) is 1. The molecule has 8 nitrogen and oxygen atoms in total. The second-order valence-corrected chi connectivity index (χ2v) is 6.31. The van der Waals surface area contributed by atoms with Crippen molar-refractivity contribution in [3.05, 3.63) is 43.1 Å². The Labute approximate surface area is 93.4 Å². The summed E-state index contributed by atoms with van der Waals surface area (Å²) in [5.41, 5.74) is -0.298. The lowest BCUT2D eigenvalue weighted by molar-refractivity contribution is -0.420. The molecule has 88 valence electrons. The number of carboxylic acid groups (broad SMARTS) is 1. The number of aliphatic hydroxyl groups excluding tert-OH is 1. The molecule has 0 radical (unpaired) electrons. The minimum atomic E-state index is -2.94. The fourth-order valence-electron chi connectivity index (χ4n) is 2.30. The maximum atomic E-state index is 12.0. The second kappa shape index (κ2) is 2.60. The van der Waals surface area contributed by atoms with Gasteiger partial charge in [-0.2, -0.15) is 0 Å². The third kappa shape index (κ3) is 0.898. The summed E-state index contributed by atoms with van der Waals surface area (Å²) in [6.45, 7) is -0.273. The first-order valence-electron chi connectivity index (χ1n) is 4.55. The molecular weight excluding hydrogens is 251 g/mol. The van der Waals surface area contributed by atoms with Crippen LogP contribution in [0.4, 0.5) is 4.79 Å². The fourth-order valence-corrected chi connectivity index (χ4v) is 5.46. The van der Waals surface area contributed by atoms with Gasteiger partial charge in [0.25, 0.3) is 5.70 Å². The Morgan fingerprint density at radius 2 is 2.06 bits per heavy atom. The molecule has 9 heteroatoms. The van der Waals surface area contributed by atoms with Crippen LogP contribution in [0.2, 0.25) is 0 Å². The van der Waals surface area contributed by atoms with E-state index in [9.17, 15) is 24.6 Å². The van der Waals surface area contributed by atoms with Gasteiger partial charge in [-0.1, -0.05) is 0 Å². The first kappa shape index (κ1) is 10.1. The molecule has 1 unspecified atom stereocenters. The number of carbonyl (C=O) groups is 1. The molecule has 0 aromatic heterocycles. The van der Waals surface area contributed by atoms with E-state index < -0.39 is 23.9 Å². The lowest BCUT2D eigenvalue weighted by Crippen LogP contribution is -2.24. The molecule has 0 aromatic rings. The number of aliphatic hydroxyl groups is 1. The Bertz CT molecular complexity index is 655. The lowest BCUT2D eigenvalue weighted by Gasteiger charge is -2.13. The average molecular weight is 256 g/mol. The molecule has 3 heterocycles. The van der Waals surface area contributed by atoms with Gasteiger partial charge in [0, 0.05) is 5.31 Å². The summed E-state index contributed by atoms with van der Waals surface area (Å²) in [6.07, 6.45) is -1.32. The molecule has 1 atom stereocenters. The van der Waals surface area contributed by atoms with Crippen molar-refractivity contribution in [2.75, 3.05) is 6.54 Å². The van der Waals surface area contributed by atoms with Crippen molar-refractivity contribution in [3.63, 3.8) is 0 Å². The zero-order chi connectivity index (χ0) is 12.5. The van der Waals surface area contributed by atoms with Gasteiger partial charge in [0.15, 0.2) is 7.14 Å². The molecule has 0 aromatic carbocycles. The molecule has 3 aliphatic rings. The van der Waals surface area contributed by atoms with Gasteiger partial charge < -0.3 is 20.1 Å². The van der Waals surface area contributed by atoms with Gasteiger partial charge in [-0.15, -0.1) is 0 Å². The highest BCUT2D eigenvalue weighted by Gasteiger charge is 2.73. The molecule has 0 bridgehead atoms. The van der Waals surface area contributed by atoms with E-state index in [1.165, 1.54) is 0 Å². The van der Waals surface area contributed by atoms with Crippen molar-refractivity contribution in [2.24, 2.45) is 0 Å². The molecular formula is C8H5N2O6P. The van der Waals surface area contributed by atoms with E-state index >= 15 is 0 Å². The van der Waals surface area contributed by atoms with Crippen LogP contribution in [-0.4, -0.2) is 27.8 Å². The molecule has 0 aliphatic carbocycles. The molecule has 3 aliphatic heterocycles. The van der Waals surface area contributed by atoms with Crippen LogP contribution in [0, 0.1) is 10.1 Å². The van der Waals surface area contributed by atoms with Crippen molar-refractivity contribution in [2.45, 2.75) is 0 Å². The van der Waals surface area contributed by atoms with Crippen LogP contribution in [0.3, 0.4) is 0 Å². The summed E-state index contributed by atoms with van der Waals surface area (Å²) >= 11 is 0. The molecule has 0 saturated heterocycles. The van der Waals surface area contributed by atoms with E-state index in [4.69, 9.17) is 5.11 Å². The van der Waals surface area contributed by atoms with Crippen LogP contribution in [0.25, 0.3) is 0 Å². The van der Waals surface area contributed by atoms with Gasteiger partial charge >= 0.3 is 6.09 Å². The Morgan fingerprint density at radius 3 is 2.59 bits per heavy atom. The summed E-state index contributed by atoms with van der Waals surface area (Å²) in [5.74, 6) is -0.269. The Kier molecular flexibility index (Phi) is 1.54. The fraction of sp³-hybridized carbons (Fsp3) is 0.125. The minimum Gasteiger partial charge on any atom is -0.506 e. The van der Waals surface area contributed by atoms with Crippen LogP contribution in [0.1, 0.15) is 0 Å². The van der Waals surface area contributed by atoms with Gasteiger partial charge in [-0.25, -0.2) is 4.79 Å². The van der Waals surface area contributed by atoms with Gasteiger partial charge in [-0.3, -0.25) is 10.1 Å². The van der Waals surface area contributed by atoms with Crippen molar-refractivity contribution in [1.82, 2.24) is 5.32 Å². The molecule has 17 heavy (non-hydrogen) atoms. The van der Waals surface area contributed by atoms with E-state index in [-0.39, 0.29) is 33.8 Å². The predicted octanol–water partition coefficient (Wildman–Crippen LogP) is 1.17. The smallest absolute Gasteiger partial charge is 0.404 e. The predicted molar refractivity (Wildman–Crippen MR) is 54.3 cm³/mol. The van der Waals surface area contributed by atoms with E-state index in [1.807, 2.05) is 5.32 Å². The maximum absolute atomic E-state index is 12.0. The van der Waals surface area contributed by atoms with Crippen molar-refractivity contribution in [1.29, 1.82) is 0 Å². The van der Waals surface area contributed by atoms with Crippen LogP contribution >= 0.6 is 7.14 Å². The Morgan fingerprint density at radius 1 is 1.41 bits per heavy atom. The number of nitrogens with zero attached hydrogens (tertiary/aromatic N) is 1. The monoisotopic (exact) mass is 256 g/mol. The maximum Gasteiger partial charge on any atom is 0.404 e. The van der Waals surface area contributed by atoms with E-state index in [2.05, 4.69) is 0 Å². The van der Waals surface area contributed by atoms with Crippen molar-refractivity contribution < 1.29 is 24.5 Å². The van der Waals surface area contributed by atoms with E-state index in [0.717, 1.165) is 0 Å². The van der Waals surface area contributed by atoms with Gasteiger partial charge in [0.1, 0.15) is 11.1 Å². The highest BCUT2D eigenvalue weighted by molar-refractivity contribution is 7.86. The second-order valence-electron chi connectivity index (χ2n) is 3.75. The summed E-state index contributed by atoms with van der Waals surface area (Å²) in [4.78, 5) is 20.4. The van der Waals surface area contributed by atoms with E-state index in [1.54, 1.807) is 0 Å². The minimum absolute atomic E-state index is 0.114. The van der Waals surface area contributed by atoms with E-state index in [0.29, 0.717) is 0 Å². The quantitative estimate of drug-likeness (QED) is 0.394. The number of amides is 1. The Balaban J connectivity index is 2.05. The Hall–Kier alpha value is -2.08. The van der Waals surface area contributed by atoms with Crippen LogP contribution in [-0.2, 0) is 4.57 Å². The summed E-state index contributed by atoms with van der Waals surface area (Å²) < 4.78 is 12.0. The molecule has 0 spiro atoms. The van der Waals surface area contributed by atoms with Gasteiger partial charge in [0.05, 0.1) is 22.4 Å². The third-order valence-corrected chi connectivity index (χ3v) is 5.98. The van der Waals surface area contributed by atoms with Crippen molar-refractivity contribution in [3.8, 4) is 0 Å². The molecule has 0 fully saturated rings. The number of hydrogen-bond acceptors (Lipinski definition) is 5. The number of hydrogen-bond donors (Lipinski definition) is 3. The number of allylic oxidation sites excluding steroid dienone is 2. The summed E-state index contributed by atoms with van der Waals surface area (Å²) in [5, 5.41) is 31.1. The first-order chi connectivity index (χ1) is 7.90. The summed E-state index contributed by atoms with van der Waals surface area (Å²) in [7, 11) is -2.94. The third-order valence-electron chi connectivity index (χ3n) is 2.96. The zero-order valence-electron chi connectivity index (χ0n) is 8.13. The molecule has 3 N–H and O–H groups in total. The first-order valence-corrected chi connectivity index (χ1v) is 6.26. The molecule has 3 rings (SSSR count). The number of rotatable bonds is 3. The van der Waals surface area contributed by atoms with Crippen LogP contribution in [0.5, 0.6) is 0 Å². The zero-order valence-corrected chi connectivity index (χ0v) is 9.02. The highest BCUT2D eigenvalue weighted by Crippen LogP contribution is 2.96. The molecule has 0 saturated carbocycles. The average Bonchev–Trinajstić information content (AvgIpc) is 2.70. The number of nitro groups is 1. The van der Waals surface area contributed by atoms with Crippen LogP contribution < -0.4 is 5.32 Å². The topological polar surface area (TPSA) is 130 Å². The SMILES string of the molecule is O=C(O)NCC1=C([N+](=O)[O-])C2=C(O)C3=C1P23=O. The normalized spacial score (nSPS) is 28.0. The largest absolute Gasteiger partial charge is 0.506 e. The summed E-state index contributed by atoms with van der Waals surface area (Å²) in [6, 6.07) is 0. The molecule has 1 amide bonds. The van der Waals surface area contributed by atoms with Crippen LogP contribution in [0.15, 0.2) is 33.0 Å². The van der Waals surface area contributed by atoms with Gasteiger partial charge in [-0.05, 0) is 0 Å².